The van der Waals surface area contributed by atoms with E-state index in [1.807, 2.05) is 6.07 Å². The van der Waals surface area contributed by atoms with Crippen molar-refractivity contribution in [2.45, 2.75) is 13.3 Å². The van der Waals surface area contributed by atoms with Crippen molar-refractivity contribution in [1.82, 2.24) is 30.8 Å². The van der Waals surface area contributed by atoms with Gasteiger partial charge in [-0.3, -0.25) is 9.59 Å². The summed E-state index contributed by atoms with van der Waals surface area (Å²) in [5.41, 5.74) is 3.37. The molecule has 35 heavy (non-hydrogen) atoms. The highest BCUT2D eigenvalue weighted by Crippen LogP contribution is 2.28. The Labute approximate surface area is 197 Å². The molecule has 0 unspecified atom stereocenters. The van der Waals surface area contributed by atoms with Gasteiger partial charge in [0.25, 0.3) is 5.91 Å². The fraction of sp³-hybridized carbons (Fsp3) is 0.0870. The molecule has 4 N–H and O–H groups in total. The van der Waals surface area contributed by atoms with E-state index < -0.39 is 5.91 Å². The van der Waals surface area contributed by atoms with Gasteiger partial charge < -0.3 is 20.1 Å². The van der Waals surface area contributed by atoms with Crippen LogP contribution in [-0.4, -0.2) is 42.6 Å². The van der Waals surface area contributed by atoms with Gasteiger partial charge in [-0.25, -0.2) is 5.10 Å². The summed E-state index contributed by atoms with van der Waals surface area (Å²) >= 11 is 0. The Bertz CT molecular complexity index is 1590. The van der Waals surface area contributed by atoms with E-state index in [1.165, 1.54) is 0 Å². The lowest BCUT2D eigenvalue weighted by atomic mass is 10.1. The maximum absolute atomic E-state index is 13.1. The minimum Gasteiger partial charge on any atom is -0.361 e. The number of para-hydroxylation sites is 1. The fourth-order valence-electron chi connectivity index (χ4n) is 3.62. The third kappa shape index (κ3) is 4.46. The highest BCUT2D eigenvalue weighted by molar-refractivity contribution is 6.09. The SMILES string of the molecule is Cc1cc(CC(=O)Nc2cccc3cc(C(=O)Nc4ccc(C#N)cc4-c4nnn[nH]4)[nH]c23)on1. The molecule has 0 atom stereocenters. The standard InChI is InChI=1S/C23H17N9O3/c1-12-7-15(35-30-12)10-20(33)25-18-4-2-3-14-9-19(26-21(14)18)23(34)27-17-6-5-13(11-24)8-16(17)22-28-31-32-29-22/h2-9,26H,10H2,1H3,(H,25,33)(H,27,34)(H,28,29,31,32). The Morgan fingerprint density at radius 1 is 1.11 bits per heavy atom. The number of anilines is 2. The first-order chi connectivity index (χ1) is 17.0. The van der Waals surface area contributed by atoms with Crippen molar-refractivity contribution in [3.8, 4) is 17.5 Å². The number of carbonyl (C=O) groups is 2. The fourth-order valence-corrected chi connectivity index (χ4v) is 3.62. The number of hydrogen-bond acceptors (Lipinski definition) is 8. The second-order valence-corrected chi connectivity index (χ2v) is 7.69. The van der Waals surface area contributed by atoms with Gasteiger partial charge in [-0.05, 0) is 47.7 Å². The molecule has 0 radical (unpaired) electrons. The number of hydrogen-bond donors (Lipinski definition) is 4. The highest BCUT2D eigenvalue weighted by Gasteiger charge is 2.17. The molecule has 0 aliphatic carbocycles. The second kappa shape index (κ2) is 8.91. The van der Waals surface area contributed by atoms with Crippen LogP contribution in [0.1, 0.15) is 27.5 Å². The number of nitrogens with one attached hydrogen (secondary N) is 4. The number of tetrazole rings is 1. The van der Waals surface area contributed by atoms with E-state index in [0.717, 1.165) is 5.39 Å². The molecule has 0 saturated heterocycles. The van der Waals surface area contributed by atoms with E-state index in [1.54, 1.807) is 49.4 Å². The smallest absolute Gasteiger partial charge is 0.272 e. The molecule has 0 aliphatic heterocycles. The van der Waals surface area contributed by atoms with Crippen molar-refractivity contribution < 1.29 is 14.1 Å². The van der Waals surface area contributed by atoms with Crippen molar-refractivity contribution in [2.24, 2.45) is 0 Å². The number of nitrogens with zero attached hydrogens (tertiary/aromatic N) is 5. The van der Waals surface area contributed by atoms with Gasteiger partial charge in [-0.2, -0.15) is 5.26 Å². The van der Waals surface area contributed by atoms with Crippen LogP contribution in [0.4, 0.5) is 11.4 Å². The summed E-state index contributed by atoms with van der Waals surface area (Å²) in [6.07, 6.45) is 0.0310. The normalized spacial score (nSPS) is 10.7. The Kier molecular flexibility index (Phi) is 5.48. The summed E-state index contributed by atoms with van der Waals surface area (Å²) in [7, 11) is 0. The molecule has 172 valence electrons. The third-order valence-electron chi connectivity index (χ3n) is 5.18. The maximum atomic E-state index is 13.1. The number of aromatic amines is 2. The Morgan fingerprint density at radius 3 is 2.74 bits per heavy atom. The molecule has 0 fully saturated rings. The van der Waals surface area contributed by atoms with Crippen LogP contribution in [0, 0.1) is 18.3 Å². The molecule has 0 bridgehead atoms. The molecule has 0 aliphatic rings. The molecule has 2 aromatic carbocycles. The van der Waals surface area contributed by atoms with Crippen molar-refractivity contribution in [1.29, 1.82) is 5.26 Å². The van der Waals surface area contributed by atoms with Crippen LogP contribution >= 0.6 is 0 Å². The maximum Gasteiger partial charge on any atom is 0.272 e. The molecule has 12 nitrogen and oxygen atoms in total. The topological polar surface area (TPSA) is 178 Å². The van der Waals surface area contributed by atoms with Gasteiger partial charge in [0.05, 0.1) is 40.6 Å². The van der Waals surface area contributed by atoms with Gasteiger partial charge >= 0.3 is 0 Å². The summed E-state index contributed by atoms with van der Waals surface area (Å²) in [6, 6.07) is 15.5. The van der Waals surface area contributed by atoms with Gasteiger partial charge in [0, 0.05) is 17.0 Å². The number of fused-ring (bicyclic) bond motifs is 1. The number of nitriles is 1. The average Bonchev–Trinajstić information content (AvgIpc) is 3.61. The van der Waals surface area contributed by atoms with Gasteiger partial charge in [-0.1, -0.05) is 17.3 Å². The van der Waals surface area contributed by atoms with Crippen molar-refractivity contribution in [2.75, 3.05) is 10.6 Å². The predicted octanol–water partition coefficient (Wildman–Crippen LogP) is 2.95. The first-order valence-corrected chi connectivity index (χ1v) is 10.4. The second-order valence-electron chi connectivity index (χ2n) is 7.69. The number of amides is 2. The molecule has 3 aromatic heterocycles. The van der Waals surface area contributed by atoms with Gasteiger partial charge in [0.15, 0.2) is 5.82 Å². The summed E-state index contributed by atoms with van der Waals surface area (Å²) in [4.78, 5) is 28.6. The van der Waals surface area contributed by atoms with Crippen LogP contribution in [0.25, 0.3) is 22.3 Å². The van der Waals surface area contributed by atoms with E-state index in [2.05, 4.69) is 47.5 Å². The first-order valence-electron chi connectivity index (χ1n) is 10.4. The summed E-state index contributed by atoms with van der Waals surface area (Å²) in [5, 5.41) is 33.0. The van der Waals surface area contributed by atoms with E-state index in [9.17, 15) is 14.9 Å². The summed E-state index contributed by atoms with van der Waals surface area (Å²) < 4.78 is 5.10. The van der Waals surface area contributed by atoms with E-state index >= 15 is 0 Å². The lowest BCUT2D eigenvalue weighted by Gasteiger charge is -2.09. The molecule has 3 heterocycles. The molecule has 2 amide bonds. The van der Waals surface area contributed by atoms with E-state index in [0.29, 0.717) is 45.3 Å². The molecule has 12 heteroatoms. The third-order valence-corrected chi connectivity index (χ3v) is 5.18. The minimum absolute atomic E-state index is 0.0310. The lowest BCUT2D eigenvalue weighted by molar-refractivity contribution is -0.115. The van der Waals surface area contributed by atoms with Gasteiger partial charge in [0.2, 0.25) is 5.91 Å². The predicted molar refractivity (Wildman–Crippen MR) is 124 cm³/mol. The Hall–Kier alpha value is -5.31. The number of aryl methyl sites for hydroxylation is 1. The zero-order chi connectivity index (χ0) is 24.4. The van der Waals surface area contributed by atoms with Crippen molar-refractivity contribution in [3.63, 3.8) is 0 Å². The molecule has 0 spiro atoms. The summed E-state index contributed by atoms with van der Waals surface area (Å²) in [6.45, 7) is 1.78. The Balaban J connectivity index is 1.39. The Morgan fingerprint density at radius 2 is 2.00 bits per heavy atom. The van der Waals surface area contributed by atoms with Crippen molar-refractivity contribution in [3.05, 3.63) is 71.2 Å². The average molecular weight is 467 g/mol. The van der Waals surface area contributed by atoms with Crippen LogP contribution in [0.15, 0.2) is 53.1 Å². The monoisotopic (exact) mass is 467 g/mol. The largest absolute Gasteiger partial charge is 0.361 e. The van der Waals surface area contributed by atoms with Gasteiger partial charge in [0.1, 0.15) is 11.5 Å². The zero-order valence-corrected chi connectivity index (χ0v) is 18.3. The number of carbonyl (C=O) groups excluding carboxylic acids is 2. The molecule has 0 saturated carbocycles. The van der Waals surface area contributed by atoms with Crippen molar-refractivity contribution >= 4 is 34.1 Å². The zero-order valence-electron chi connectivity index (χ0n) is 18.3. The molecule has 5 aromatic rings. The van der Waals surface area contributed by atoms with Crippen LogP contribution in [0.2, 0.25) is 0 Å². The minimum atomic E-state index is -0.422. The molecular formula is C23H17N9O3. The molecule has 5 rings (SSSR count). The lowest BCUT2D eigenvalue weighted by Crippen LogP contribution is -2.15. The van der Waals surface area contributed by atoms with Crippen LogP contribution < -0.4 is 10.6 Å². The van der Waals surface area contributed by atoms with Crippen LogP contribution in [0.3, 0.4) is 0 Å². The van der Waals surface area contributed by atoms with Crippen LogP contribution in [-0.2, 0) is 11.2 Å². The quantitative estimate of drug-likeness (QED) is 0.294. The first kappa shape index (κ1) is 21.5. The van der Waals surface area contributed by atoms with E-state index in [4.69, 9.17) is 4.52 Å². The number of benzene rings is 2. The number of H-pyrrole nitrogens is 2. The molecular weight excluding hydrogens is 450 g/mol. The van der Waals surface area contributed by atoms with Crippen LogP contribution in [0.5, 0.6) is 0 Å². The highest BCUT2D eigenvalue weighted by atomic mass is 16.5. The number of rotatable bonds is 6. The van der Waals surface area contributed by atoms with Gasteiger partial charge in [-0.15, -0.1) is 5.10 Å². The number of aromatic nitrogens is 6. The summed E-state index contributed by atoms with van der Waals surface area (Å²) in [5.74, 6) is 0.0612. The van der Waals surface area contributed by atoms with E-state index in [-0.39, 0.29) is 18.0 Å².